The number of amides is 5. The molecule has 5 heterocycles. The number of aromatic nitrogens is 1. The Morgan fingerprint density at radius 2 is 1.33 bits per heavy atom. The van der Waals surface area contributed by atoms with Crippen LogP contribution in [0.2, 0.25) is 0 Å². The Kier molecular flexibility index (Phi) is 17.7. The van der Waals surface area contributed by atoms with Crippen LogP contribution in [0.3, 0.4) is 0 Å². The lowest BCUT2D eigenvalue weighted by Crippen LogP contribution is -2.61. The number of ether oxygens (including phenoxy) is 2. The summed E-state index contributed by atoms with van der Waals surface area (Å²) in [7, 11) is 3.36. The second kappa shape index (κ2) is 25.5. The lowest BCUT2D eigenvalue weighted by atomic mass is 9.95. The molecule has 19 heteroatoms. The van der Waals surface area contributed by atoms with Gasteiger partial charge in [-0.15, -0.1) is 0 Å². The van der Waals surface area contributed by atoms with E-state index in [1.807, 2.05) is 99.8 Å². The Morgan fingerprint density at radius 1 is 0.747 bits per heavy atom. The highest BCUT2D eigenvalue weighted by atomic mass is 16.5. The summed E-state index contributed by atoms with van der Waals surface area (Å²) in [5, 5.41) is 25.4. The number of anilines is 4. The first-order valence-electron chi connectivity index (χ1n) is 30.4. The van der Waals surface area contributed by atoms with E-state index >= 15 is 14.4 Å². The summed E-state index contributed by atoms with van der Waals surface area (Å²) in [5.74, 6) is -1.88. The van der Waals surface area contributed by atoms with Crippen LogP contribution < -0.4 is 40.9 Å². The first-order valence-corrected chi connectivity index (χ1v) is 30.4. The summed E-state index contributed by atoms with van der Waals surface area (Å²) in [5.41, 5.74) is 6.81. The van der Waals surface area contributed by atoms with E-state index in [9.17, 15) is 19.6 Å². The maximum Gasteiger partial charge on any atom is 0.341 e. The van der Waals surface area contributed by atoms with Crippen molar-refractivity contribution < 1.29 is 38.2 Å². The highest BCUT2D eigenvalue weighted by molar-refractivity contribution is 6.11. The molecule has 2 saturated heterocycles. The number of carbonyl (C=O) groups is 6. The van der Waals surface area contributed by atoms with Crippen molar-refractivity contribution in [2.45, 2.75) is 128 Å². The molecule has 1 aliphatic carbocycles. The highest BCUT2D eigenvalue weighted by Crippen LogP contribution is 2.46. The van der Waals surface area contributed by atoms with E-state index < -0.39 is 41.7 Å². The second-order valence-corrected chi connectivity index (χ2v) is 24.2. The maximum atomic E-state index is 15.6. The number of fused-ring (bicyclic) bond motifs is 4. The minimum absolute atomic E-state index is 0.0704. The number of benzene rings is 5. The molecule has 1 aromatic heterocycles. The van der Waals surface area contributed by atoms with Crippen LogP contribution >= 0.6 is 0 Å². The molecular weight excluding hydrogens is 1100 g/mol. The number of nitriles is 1. The number of nitrogens with one attached hydrogen (secondary N) is 4. The topological polar surface area (TPSA) is 223 Å². The number of likely N-dealkylation sites (N-methyl/N-ethyl adjacent to an activating group) is 2. The summed E-state index contributed by atoms with van der Waals surface area (Å²) < 4.78 is 11.4. The van der Waals surface area contributed by atoms with Crippen LogP contribution in [0.15, 0.2) is 97.2 Å². The molecule has 5 aromatic carbocycles. The summed E-state index contributed by atoms with van der Waals surface area (Å²) in [6.45, 7) is 11.1. The molecule has 87 heavy (non-hydrogen) atoms. The minimum atomic E-state index is -1.13. The van der Waals surface area contributed by atoms with Crippen LogP contribution in [0.4, 0.5) is 28.4 Å². The Hall–Kier alpha value is -8.43. The monoisotopic (exact) mass is 1170 g/mol. The van der Waals surface area contributed by atoms with Gasteiger partial charge < -0.3 is 55.1 Å². The van der Waals surface area contributed by atoms with Gasteiger partial charge in [-0.2, -0.15) is 5.26 Å². The van der Waals surface area contributed by atoms with Crippen LogP contribution in [-0.2, 0) is 51.3 Å². The van der Waals surface area contributed by atoms with Gasteiger partial charge in [-0.25, -0.2) is 0 Å². The molecule has 19 nitrogen and oxygen atoms in total. The van der Waals surface area contributed by atoms with E-state index in [-0.39, 0.29) is 55.1 Å². The molecule has 4 N–H and O–H groups in total. The van der Waals surface area contributed by atoms with Crippen molar-refractivity contribution in [3.05, 3.63) is 135 Å². The van der Waals surface area contributed by atoms with Crippen molar-refractivity contribution in [1.82, 2.24) is 26.3 Å². The number of aldehydes is 1. The van der Waals surface area contributed by atoms with E-state index in [1.54, 1.807) is 65.7 Å². The van der Waals surface area contributed by atoms with Gasteiger partial charge in [0.1, 0.15) is 23.9 Å². The standard InChI is InChI=1S/C68H75N11O8/c1-40-12-15-46-18-19-50(32-52(46)54(40)36-76-57-20-13-44(33-69)30-59(57)78(64(82)48-22-26-86-27-23-48)42(3)61(66(76)84)74-38-68(5,39-80)71-7)72-34-45-14-21-58-60(31-45)79(65(83)49-24-28-87-29-25-49)43(4)62(75-63(81)41(2)70-6)67(85)77(58)37-55-51-10-8-9-11-56(51)73-35-53(55)47-16-17-47/h8-15,18-21,30-32,35,39,41-43,47-49,61-62,70-71,74H,16-17,22-29,36-38H2,1-7H3/p+1. The molecule has 6 aromatic rings. The Balaban J connectivity index is 1.01. The van der Waals surface area contributed by atoms with Crippen molar-refractivity contribution in [3.63, 3.8) is 0 Å². The molecule has 4 aliphatic heterocycles. The van der Waals surface area contributed by atoms with Gasteiger partial charge in [0.25, 0.3) is 5.91 Å². The Labute approximate surface area is 507 Å². The third-order valence-electron chi connectivity index (χ3n) is 18.5. The zero-order valence-corrected chi connectivity index (χ0v) is 50.5. The molecule has 450 valence electrons. The van der Waals surface area contributed by atoms with Gasteiger partial charge in [0.2, 0.25) is 23.6 Å². The fourth-order valence-corrected chi connectivity index (χ4v) is 12.7. The van der Waals surface area contributed by atoms with Gasteiger partial charge in [-0.05, 0) is 180 Å². The SMILES string of the molecule is CNC(C)C(=O)NC1C(=O)N(Cc2c(C3CC3)cnc3ccccc23)c2ccc(C#[N+]c3ccc4ccc(C)c(CN5C(=O)C(NCC(C)(C=O)NC)C(C)N(C(=O)C6CCOCC6)c6cc(C#N)ccc65)c4c3)cc2N(C(=O)C2CCOCC2)C1C. The number of rotatable bonds is 15. The minimum Gasteiger partial charge on any atom is -0.381 e. The van der Waals surface area contributed by atoms with Crippen molar-refractivity contribution in [2.75, 3.05) is 66.7 Å². The lowest BCUT2D eigenvalue weighted by molar-refractivity contribution is -0.130. The molecule has 5 aliphatic rings. The summed E-state index contributed by atoms with van der Waals surface area (Å²) >= 11 is 0. The number of hydrogen-bond donors (Lipinski definition) is 4. The quantitative estimate of drug-likeness (QED) is 0.0715. The first kappa shape index (κ1) is 60.3. The molecule has 6 atom stereocenters. The maximum absolute atomic E-state index is 15.6. The van der Waals surface area contributed by atoms with Crippen LogP contribution in [0.5, 0.6) is 0 Å². The molecule has 11 rings (SSSR count). The molecule has 6 unspecified atom stereocenters. The molecule has 0 bridgehead atoms. The highest BCUT2D eigenvalue weighted by Gasteiger charge is 2.47. The van der Waals surface area contributed by atoms with Crippen LogP contribution in [0, 0.1) is 36.2 Å². The molecule has 1 saturated carbocycles. The zero-order valence-electron chi connectivity index (χ0n) is 50.5. The van der Waals surface area contributed by atoms with E-state index in [0.717, 1.165) is 63.1 Å². The number of carbonyl (C=O) groups excluding carboxylic acids is 6. The molecule has 0 radical (unpaired) electrons. The van der Waals surface area contributed by atoms with E-state index in [4.69, 9.17) is 19.3 Å². The summed E-state index contributed by atoms with van der Waals surface area (Å²) in [6.07, 6.45) is 6.76. The van der Waals surface area contributed by atoms with Crippen molar-refractivity contribution in [3.8, 4) is 12.1 Å². The molecule has 3 fully saturated rings. The van der Waals surface area contributed by atoms with Crippen molar-refractivity contribution >= 4 is 85.9 Å². The average molecular weight is 1180 g/mol. The third-order valence-corrected chi connectivity index (χ3v) is 18.5. The smallest absolute Gasteiger partial charge is 0.341 e. The average Bonchev–Trinajstić information content (AvgIpc) is 2.17. The van der Waals surface area contributed by atoms with Crippen molar-refractivity contribution in [2.24, 2.45) is 11.8 Å². The third kappa shape index (κ3) is 12.1. The van der Waals surface area contributed by atoms with Crippen molar-refractivity contribution in [1.29, 1.82) is 5.26 Å². The fourth-order valence-electron chi connectivity index (χ4n) is 12.7. The first-order chi connectivity index (χ1) is 42.0. The van der Waals surface area contributed by atoms with Gasteiger partial charge >= 0.3 is 11.8 Å². The Morgan fingerprint density at radius 3 is 1.94 bits per heavy atom. The molecule has 0 spiro atoms. The molecular formula is C68H76N11O8+. The van der Waals surface area contributed by atoms with Gasteiger partial charge in [0.15, 0.2) is 0 Å². The number of pyridine rings is 1. The lowest BCUT2D eigenvalue weighted by Gasteiger charge is -2.36. The predicted molar refractivity (Wildman–Crippen MR) is 335 cm³/mol. The predicted octanol–water partition coefficient (Wildman–Crippen LogP) is 8.08. The fraction of sp³-hybridized carbons (Fsp3) is 0.426. The van der Waals surface area contributed by atoms with Gasteiger partial charge in [0, 0.05) is 68.5 Å². The number of nitrogens with zero attached hydrogens (tertiary/aromatic N) is 7. The number of aryl methyl sites for hydroxylation is 1. The number of para-hydroxylation sites is 1. The van der Waals surface area contributed by atoms with E-state index in [2.05, 4.69) is 33.4 Å². The van der Waals surface area contributed by atoms with Gasteiger partial charge in [-0.1, -0.05) is 30.3 Å². The normalized spacial score (nSPS) is 21.2. The summed E-state index contributed by atoms with van der Waals surface area (Å²) in [4.78, 5) is 104. The molecule has 5 amide bonds. The summed E-state index contributed by atoms with van der Waals surface area (Å²) in [6, 6.07) is 29.6. The van der Waals surface area contributed by atoms with E-state index in [0.29, 0.717) is 97.6 Å². The van der Waals surface area contributed by atoms with Crippen LogP contribution in [0.25, 0.3) is 26.5 Å². The Bertz CT molecular complexity index is 3800. The largest absolute Gasteiger partial charge is 0.381 e. The second-order valence-electron chi connectivity index (χ2n) is 24.2. The van der Waals surface area contributed by atoms with Gasteiger partial charge in [-0.3, -0.25) is 29.0 Å². The van der Waals surface area contributed by atoms with Gasteiger partial charge in [0.05, 0.1) is 76.7 Å². The zero-order chi connectivity index (χ0) is 61.3. The number of hydrogen-bond acceptors (Lipinski definition) is 13. The van der Waals surface area contributed by atoms with Crippen LogP contribution in [0.1, 0.15) is 106 Å². The van der Waals surface area contributed by atoms with E-state index in [1.165, 1.54) is 0 Å². The van der Waals surface area contributed by atoms with Crippen LogP contribution in [-0.4, -0.2) is 124 Å².